The second-order valence-electron chi connectivity index (χ2n) is 6.05. The predicted molar refractivity (Wildman–Crippen MR) is 86.5 cm³/mol. The number of carboxylic acid groups (broad SMARTS) is 1. The molecule has 5 heteroatoms. The molecule has 0 heterocycles. The van der Waals surface area contributed by atoms with Crippen molar-refractivity contribution in [2.75, 3.05) is 5.75 Å². The van der Waals surface area contributed by atoms with Crippen LogP contribution in [0.5, 0.6) is 0 Å². The summed E-state index contributed by atoms with van der Waals surface area (Å²) in [5.41, 5.74) is 2.56. The van der Waals surface area contributed by atoms with E-state index in [0.29, 0.717) is 5.75 Å². The van der Waals surface area contributed by atoms with Gasteiger partial charge in [0, 0.05) is 18.4 Å². The number of nitrogens with one attached hydrogen (secondary N) is 1. The van der Waals surface area contributed by atoms with Gasteiger partial charge in [0.05, 0.1) is 0 Å². The van der Waals surface area contributed by atoms with Crippen molar-refractivity contribution < 1.29 is 14.7 Å². The molecule has 4 nitrogen and oxygen atoms in total. The Morgan fingerprint density at radius 2 is 1.81 bits per heavy atom. The minimum absolute atomic E-state index is 0.130. The summed E-state index contributed by atoms with van der Waals surface area (Å²) >= 11 is 1.50. The van der Waals surface area contributed by atoms with Crippen LogP contribution in [0.4, 0.5) is 0 Å². The Kier molecular flexibility index (Phi) is 6.27. The number of hydrogen-bond acceptors (Lipinski definition) is 3. The summed E-state index contributed by atoms with van der Waals surface area (Å²) < 4.78 is 0. The number of carboxylic acids is 1. The molecule has 1 aromatic rings. The normalized spacial score (nSPS) is 12.8. The molecular weight excluding hydrogens is 286 g/mol. The Labute approximate surface area is 130 Å². The Hall–Kier alpha value is -1.49. The molecule has 0 saturated heterocycles. The van der Waals surface area contributed by atoms with Gasteiger partial charge in [0.1, 0.15) is 6.04 Å². The smallest absolute Gasteiger partial charge is 0.327 e. The maximum atomic E-state index is 11.0. The molecule has 0 bridgehead atoms. The van der Waals surface area contributed by atoms with E-state index in [4.69, 9.17) is 5.11 Å². The van der Waals surface area contributed by atoms with Crippen LogP contribution >= 0.6 is 11.8 Å². The van der Waals surface area contributed by atoms with Crippen molar-refractivity contribution >= 4 is 23.6 Å². The highest BCUT2D eigenvalue weighted by Crippen LogP contribution is 2.23. The molecule has 21 heavy (non-hydrogen) atoms. The first kappa shape index (κ1) is 17.6. The number of hydrogen-bond donors (Lipinski definition) is 2. The molecule has 0 radical (unpaired) electrons. The van der Waals surface area contributed by atoms with Crippen LogP contribution in [0.25, 0.3) is 0 Å². The van der Waals surface area contributed by atoms with Crippen LogP contribution in [0.15, 0.2) is 24.3 Å². The fraction of sp³-hybridized carbons (Fsp3) is 0.500. The van der Waals surface area contributed by atoms with Gasteiger partial charge in [-0.2, -0.15) is 11.8 Å². The average Bonchev–Trinajstić information content (AvgIpc) is 2.36. The van der Waals surface area contributed by atoms with Gasteiger partial charge in [-0.15, -0.1) is 0 Å². The zero-order valence-electron chi connectivity index (χ0n) is 13.0. The number of carbonyl (C=O) groups excluding carboxylic acids is 1. The van der Waals surface area contributed by atoms with Gasteiger partial charge in [-0.05, 0) is 16.5 Å². The lowest BCUT2D eigenvalue weighted by Gasteiger charge is -2.19. The highest BCUT2D eigenvalue weighted by molar-refractivity contribution is 7.98. The molecule has 0 fully saturated rings. The Morgan fingerprint density at radius 3 is 2.24 bits per heavy atom. The quantitative estimate of drug-likeness (QED) is 0.848. The van der Waals surface area contributed by atoms with E-state index in [0.717, 1.165) is 11.3 Å². The van der Waals surface area contributed by atoms with Crippen LogP contribution in [0.1, 0.15) is 38.8 Å². The third-order valence-corrected chi connectivity index (χ3v) is 4.16. The summed E-state index contributed by atoms with van der Waals surface area (Å²) in [7, 11) is 0. The van der Waals surface area contributed by atoms with Crippen molar-refractivity contribution in [3.8, 4) is 0 Å². The van der Waals surface area contributed by atoms with Gasteiger partial charge in [-0.25, -0.2) is 4.79 Å². The summed E-state index contributed by atoms with van der Waals surface area (Å²) in [4.78, 5) is 21.9. The molecule has 0 aliphatic heterocycles. The zero-order chi connectivity index (χ0) is 16.0. The summed E-state index contributed by atoms with van der Waals surface area (Å²) in [5.74, 6) is -0.234. The van der Waals surface area contributed by atoms with Gasteiger partial charge < -0.3 is 10.4 Å². The van der Waals surface area contributed by atoms with Crippen molar-refractivity contribution in [2.24, 2.45) is 0 Å². The molecule has 0 saturated carbocycles. The third kappa shape index (κ3) is 6.21. The Balaban J connectivity index is 2.51. The average molecular weight is 309 g/mol. The van der Waals surface area contributed by atoms with E-state index >= 15 is 0 Å². The molecule has 1 rings (SSSR count). The minimum atomic E-state index is -0.999. The largest absolute Gasteiger partial charge is 0.480 e. The molecule has 116 valence electrons. The SMILES string of the molecule is CC(=O)N[C@@H](CSCc1ccc(C(C)(C)C)cc1)C(=O)O. The van der Waals surface area contributed by atoms with Crippen molar-refractivity contribution in [3.05, 3.63) is 35.4 Å². The van der Waals surface area contributed by atoms with E-state index in [1.54, 1.807) is 0 Å². The van der Waals surface area contributed by atoms with Crippen LogP contribution in [0.3, 0.4) is 0 Å². The molecule has 1 amide bonds. The van der Waals surface area contributed by atoms with Gasteiger partial charge in [0.2, 0.25) is 5.91 Å². The fourth-order valence-electron chi connectivity index (χ4n) is 1.82. The van der Waals surface area contributed by atoms with Gasteiger partial charge in [0.25, 0.3) is 0 Å². The molecule has 0 aromatic heterocycles. The molecule has 0 unspecified atom stereocenters. The summed E-state index contributed by atoms with van der Waals surface area (Å²) in [6, 6.07) is 7.53. The monoisotopic (exact) mass is 309 g/mol. The van der Waals surface area contributed by atoms with E-state index in [9.17, 15) is 9.59 Å². The summed E-state index contributed by atoms with van der Waals surface area (Å²) in [6.45, 7) is 7.83. The van der Waals surface area contributed by atoms with Gasteiger partial charge in [-0.1, -0.05) is 45.0 Å². The van der Waals surface area contributed by atoms with E-state index in [1.807, 2.05) is 0 Å². The van der Waals surface area contributed by atoms with Crippen LogP contribution in [-0.4, -0.2) is 28.8 Å². The Bertz CT molecular complexity index is 491. The number of benzene rings is 1. The third-order valence-electron chi connectivity index (χ3n) is 3.05. The first-order chi connectivity index (χ1) is 9.70. The standard InChI is InChI=1S/C16H23NO3S/c1-11(18)17-14(15(19)20)10-21-9-12-5-7-13(8-6-12)16(2,3)4/h5-8,14H,9-10H2,1-4H3,(H,17,18)(H,19,20)/t14-/m0/s1. The van der Waals surface area contributed by atoms with Crippen LogP contribution < -0.4 is 5.32 Å². The van der Waals surface area contributed by atoms with Crippen LogP contribution in [0, 0.1) is 0 Å². The summed E-state index contributed by atoms with van der Waals surface area (Å²) in [5, 5.41) is 11.5. The second-order valence-corrected chi connectivity index (χ2v) is 7.08. The first-order valence-electron chi connectivity index (χ1n) is 6.87. The Morgan fingerprint density at radius 1 is 1.24 bits per heavy atom. The van der Waals surface area contributed by atoms with Crippen molar-refractivity contribution in [3.63, 3.8) is 0 Å². The number of thioether (sulfide) groups is 1. The van der Waals surface area contributed by atoms with Gasteiger partial charge >= 0.3 is 5.97 Å². The lowest BCUT2D eigenvalue weighted by Crippen LogP contribution is -2.41. The van der Waals surface area contributed by atoms with E-state index in [2.05, 4.69) is 50.4 Å². The predicted octanol–water partition coefficient (Wildman–Crippen LogP) is 2.81. The number of aliphatic carboxylic acids is 1. The van der Waals surface area contributed by atoms with Crippen LogP contribution in [-0.2, 0) is 20.8 Å². The first-order valence-corrected chi connectivity index (χ1v) is 8.02. The number of rotatable bonds is 6. The fourth-order valence-corrected chi connectivity index (χ4v) is 2.82. The minimum Gasteiger partial charge on any atom is -0.480 e. The molecule has 2 N–H and O–H groups in total. The lowest BCUT2D eigenvalue weighted by atomic mass is 9.87. The zero-order valence-corrected chi connectivity index (χ0v) is 13.8. The molecule has 0 aliphatic carbocycles. The van der Waals surface area contributed by atoms with E-state index in [-0.39, 0.29) is 11.3 Å². The number of carbonyl (C=O) groups is 2. The second kappa shape index (κ2) is 7.50. The van der Waals surface area contributed by atoms with Gasteiger partial charge in [-0.3, -0.25) is 4.79 Å². The van der Waals surface area contributed by atoms with E-state index < -0.39 is 12.0 Å². The molecule has 1 aromatic carbocycles. The van der Waals surface area contributed by atoms with Crippen molar-refractivity contribution in [2.45, 2.75) is 44.9 Å². The van der Waals surface area contributed by atoms with Crippen molar-refractivity contribution in [1.82, 2.24) is 5.32 Å². The maximum Gasteiger partial charge on any atom is 0.327 e. The van der Waals surface area contributed by atoms with Crippen LogP contribution in [0.2, 0.25) is 0 Å². The molecular formula is C16H23NO3S. The molecule has 0 aliphatic rings. The topological polar surface area (TPSA) is 66.4 Å². The summed E-state index contributed by atoms with van der Waals surface area (Å²) in [6.07, 6.45) is 0. The molecule has 0 spiro atoms. The van der Waals surface area contributed by atoms with E-state index in [1.165, 1.54) is 24.2 Å². The van der Waals surface area contributed by atoms with Gasteiger partial charge in [0.15, 0.2) is 0 Å². The maximum absolute atomic E-state index is 11.0. The lowest BCUT2D eigenvalue weighted by molar-refractivity contribution is -0.140. The highest BCUT2D eigenvalue weighted by atomic mass is 32.2. The highest BCUT2D eigenvalue weighted by Gasteiger charge is 2.18. The number of amides is 1. The van der Waals surface area contributed by atoms with Crippen molar-refractivity contribution in [1.29, 1.82) is 0 Å². The molecule has 1 atom stereocenters.